The van der Waals surface area contributed by atoms with Gasteiger partial charge in [-0.15, -0.1) is 0 Å². The minimum absolute atomic E-state index is 0.107. The van der Waals surface area contributed by atoms with Gasteiger partial charge in [0, 0.05) is 31.7 Å². The van der Waals surface area contributed by atoms with E-state index in [1.807, 2.05) is 0 Å². The average molecular weight is 342 g/mol. The van der Waals surface area contributed by atoms with Gasteiger partial charge in [-0.2, -0.15) is 0 Å². The molecule has 1 aromatic carbocycles. The van der Waals surface area contributed by atoms with Crippen molar-refractivity contribution >= 4 is 27.5 Å². The Hall–Kier alpha value is -1.07. The fourth-order valence-electron chi connectivity index (χ4n) is 1.86. The first kappa shape index (κ1) is 17.0. The molecule has 0 aromatic heterocycles. The number of rotatable bonds is 7. The molecule has 4 nitrogen and oxygen atoms in total. The van der Waals surface area contributed by atoms with Crippen LogP contribution in [-0.4, -0.2) is 44.5 Å². The Bertz CT molecular complexity index is 449. The number of carbonyl (C=O) groups is 1. The molecule has 0 saturated heterocycles. The molecule has 1 aromatic rings. The van der Waals surface area contributed by atoms with Crippen molar-refractivity contribution in [1.29, 1.82) is 0 Å². The molecule has 0 bridgehead atoms. The molecular formula is C15H24BrN3O. The highest BCUT2D eigenvalue weighted by Gasteiger charge is 2.14. The van der Waals surface area contributed by atoms with Crippen LogP contribution in [-0.2, 0) is 11.3 Å². The smallest absolute Gasteiger partial charge is 0.241 e. The van der Waals surface area contributed by atoms with Crippen LogP contribution in [0.25, 0.3) is 0 Å². The maximum atomic E-state index is 11.9. The van der Waals surface area contributed by atoms with Gasteiger partial charge in [-0.05, 0) is 47.1 Å². The van der Waals surface area contributed by atoms with Gasteiger partial charge in [0.1, 0.15) is 0 Å². The predicted octanol–water partition coefficient (Wildman–Crippen LogP) is 2.47. The molecule has 0 atom stereocenters. The second-order valence-electron chi connectivity index (χ2n) is 4.87. The van der Waals surface area contributed by atoms with Crippen LogP contribution in [0, 0.1) is 0 Å². The van der Waals surface area contributed by atoms with Gasteiger partial charge in [-0.25, -0.2) is 0 Å². The highest BCUT2D eigenvalue weighted by Crippen LogP contribution is 2.27. The zero-order valence-corrected chi connectivity index (χ0v) is 14.3. The number of benzene rings is 1. The van der Waals surface area contributed by atoms with Crippen molar-refractivity contribution in [2.45, 2.75) is 20.4 Å². The second kappa shape index (κ2) is 8.27. The molecule has 0 unspecified atom stereocenters. The largest absolute Gasteiger partial charge is 0.362 e. The minimum Gasteiger partial charge on any atom is -0.362 e. The van der Waals surface area contributed by atoms with E-state index in [9.17, 15) is 4.79 Å². The summed E-state index contributed by atoms with van der Waals surface area (Å²) in [7, 11) is 3.56. The topological polar surface area (TPSA) is 35.6 Å². The number of nitrogens with zero attached hydrogens (tertiary/aromatic N) is 2. The normalized spacial score (nSPS) is 10.4. The summed E-state index contributed by atoms with van der Waals surface area (Å²) in [5.74, 6) is 0.107. The number of likely N-dealkylation sites (N-methyl/N-ethyl adjacent to an activating group) is 2. The third kappa shape index (κ3) is 4.80. The van der Waals surface area contributed by atoms with E-state index in [0.29, 0.717) is 6.54 Å². The third-order valence-corrected chi connectivity index (χ3v) is 3.77. The molecule has 20 heavy (non-hydrogen) atoms. The van der Waals surface area contributed by atoms with Crippen LogP contribution >= 0.6 is 15.9 Å². The summed E-state index contributed by atoms with van der Waals surface area (Å²) in [6.45, 7) is 7.16. The van der Waals surface area contributed by atoms with Crippen molar-refractivity contribution in [3.8, 4) is 0 Å². The second-order valence-corrected chi connectivity index (χ2v) is 5.72. The van der Waals surface area contributed by atoms with Crippen LogP contribution in [0.5, 0.6) is 0 Å². The SMILES string of the molecule is CCNCc1ccc(N(CC)CC(=O)N(C)C)c(Br)c1. The molecule has 0 aliphatic rings. The Morgan fingerprint density at radius 2 is 2.00 bits per heavy atom. The molecule has 1 amide bonds. The number of carbonyl (C=O) groups excluding carboxylic acids is 1. The third-order valence-electron chi connectivity index (χ3n) is 3.14. The van der Waals surface area contributed by atoms with Gasteiger partial charge >= 0.3 is 0 Å². The van der Waals surface area contributed by atoms with Crippen molar-refractivity contribution in [2.75, 3.05) is 38.6 Å². The molecule has 0 radical (unpaired) electrons. The lowest BCUT2D eigenvalue weighted by atomic mass is 10.2. The number of halogens is 1. The van der Waals surface area contributed by atoms with E-state index < -0.39 is 0 Å². The highest BCUT2D eigenvalue weighted by atomic mass is 79.9. The Balaban J connectivity index is 2.85. The summed E-state index contributed by atoms with van der Waals surface area (Å²) in [6.07, 6.45) is 0. The van der Waals surface area contributed by atoms with Crippen molar-refractivity contribution in [1.82, 2.24) is 10.2 Å². The molecule has 0 saturated carbocycles. The van der Waals surface area contributed by atoms with E-state index in [4.69, 9.17) is 0 Å². The van der Waals surface area contributed by atoms with E-state index >= 15 is 0 Å². The van der Waals surface area contributed by atoms with E-state index in [1.165, 1.54) is 5.56 Å². The molecule has 1 rings (SSSR count). The number of nitrogens with one attached hydrogen (secondary N) is 1. The zero-order valence-electron chi connectivity index (χ0n) is 12.7. The van der Waals surface area contributed by atoms with Gasteiger partial charge in [-0.3, -0.25) is 4.79 Å². The van der Waals surface area contributed by atoms with Crippen LogP contribution in [0.2, 0.25) is 0 Å². The minimum atomic E-state index is 0.107. The first-order chi connectivity index (χ1) is 9.49. The predicted molar refractivity (Wildman–Crippen MR) is 88.1 cm³/mol. The molecule has 0 heterocycles. The van der Waals surface area contributed by atoms with Crippen LogP contribution < -0.4 is 10.2 Å². The summed E-state index contributed by atoms with van der Waals surface area (Å²) in [5, 5.41) is 3.31. The summed E-state index contributed by atoms with van der Waals surface area (Å²) < 4.78 is 1.03. The van der Waals surface area contributed by atoms with Gasteiger partial charge in [0.25, 0.3) is 0 Å². The lowest BCUT2D eigenvalue weighted by Crippen LogP contribution is -2.36. The van der Waals surface area contributed by atoms with Crippen molar-refractivity contribution < 1.29 is 4.79 Å². The zero-order chi connectivity index (χ0) is 15.1. The maximum Gasteiger partial charge on any atom is 0.241 e. The number of hydrogen-bond donors (Lipinski definition) is 1. The maximum absolute atomic E-state index is 11.9. The summed E-state index contributed by atoms with van der Waals surface area (Å²) in [6, 6.07) is 6.29. The van der Waals surface area contributed by atoms with Gasteiger partial charge < -0.3 is 15.1 Å². The number of amides is 1. The van der Waals surface area contributed by atoms with Gasteiger partial charge in [0.15, 0.2) is 0 Å². The summed E-state index contributed by atoms with van der Waals surface area (Å²) in [5.41, 5.74) is 2.29. The van der Waals surface area contributed by atoms with Gasteiger partial charge in [0.05, 0.1) is 12.2 Å². The molecule has 0 spiro atoms. The van der Waals surface area contributed by atoms with Crippen LogP contribution in [0.4, 0.5) is 5.69 Å². The monoisotopic (exact) mass is 341 g/mol. The molecule has 0 aliphatic heterocycles. The average Bonchev–Trinajstić information content (AvgIpc) is 2.42. The quantitative estimate of drug-likeness (QED) is 0.827. The van der Waals surface area contributed by atoms with Crippen molar-refractivity contribution in [3.05, 3.63) is 28.2 Å². The fourth-order valence-corrected chi connectivity index (χ4v) is 2.54. The highest BCUT2D eigenvalue weighted by molar-refractivity contribution is 9.10. The van der Waals surface area contributed by atoms with Crippen LogP contribution in [0.3, 0.4) is 0 Å². The number of anilines is 1. The number of hydrogen-bond acceptors (Lipinski definition) is 3. The van der Waals surface area contributed by atoms with Crippen LogP contribution in [0.15, 0.2) is 22.7 Å². The lowest BCUT2D eigenvalue weighted by Gasteiger charge is -2.25. The first-order valence-corrected chi connectivity index (χ1v) is 7.73. The molecule has 0 aliphatic carbocycles. The Morgan fingerprint density at radius 3 is 2.50 bits per heavy atom. The Labute approximate surface area is 130 Å². The fraction of sp³-hybridized carbons (Fsp3) is 0.533. The van der Waals surface area contributed by atoms with Crippen LogP contribution in [0.1, 0.15) is 19.4 Å². The van der Waals surface area contributed by atoms with Crippen molar-refractivity contribution in [2.24, 2.45) is 0 Å². The Kier molecular flexibility index (Phi) is 7.02. The van der Waals surface area contributed by atoms with E-state index in [1.54, 1.807) is 19.0 Å². The standard InChI is InChI=1S/C15H24BrN3O/c1-5-17-10-12-7-8-14(13(16)9-12)19(6-2)11-15(20)18(3)4/h7-9,17H,5-6,10-11H2,1-4H3. The van der Waals surface area contributed by atoms with E-state index in [2.05, 4.69) is 58.2 Å². The van der Waals surface area contributed by atoms with Gasteiger partial charge in [0.2, 0.25) is 5.91 Å². The molecule has 112 valence electrons. The molecular weight excluding hydrogens is 318 g/mol. The molecule has 0 fully saturated rings. The molecule has 1 N–H and O–H groups in total. The van der Waals surface area contributed by atoms with Crippen molar-refractivity contribution in [3.63, 3.8) is 0 Å². The summed E-state index contributed by atoms with van der Waals surface area (Å²) in [4.78, 5) is 15.6. The summed E-state index contributed by atoms with van der Waals surface area (Å²) >= 11 is 3.61. The molecule has 5 heteroatoms. The lowest BCUT2D eigenvalue weighted by molar-refractivity contribution is -0.127. The van der Waals surface area contributed by atoms with E-state index in [-0.39, 0.29) is 5.91 Å². The van der Waals surface area contributed by atoms with Gasteiger partial charge in [-0.1, -0.05) is 13.0 Å². The first-order valence-electron chi connectivity index (χ1n) is 6.93. The Morgan fingerprint density at radius 1 is 1.30 bits per heavy atom. The van der Waals surface area contributed by atoms with E-state index in [0.717, 1.165) is 29.8 Å².